The van der Waals surface area contributed by atoms with Crippen molar-refractivity contribution in [1.29, 1.82) is 0 Å². The normalized spacial score (nSPS) is 18.4. The zero-order chi connectivity index (χ0) is 24.2. The fourth-order valence-corrected chi connectivity index (χ4v) is 5.66. The molecule has 1 atom stereocenters. The first kappa shape index (κ1) is 23.5. The summed E-state index contributed by atoms with van der Waals surface area (Å²) in [5, 5.41) is 16.1. The summed E-state index contributed by atoms with van der Waals surface area (Å²) in [7, 11) is 0. The Bertz CT molecular complexity index is 1160. The van der Waals surface area contributed by atoms with Crippen LogP contribution in [0.5, 0.6) is 0 Å². The molecule has 1 unspecified atom stereocenters. The van der Waals surface area contributed by atoms with Gasteiger partial charge in [0.2, 0.25) is 0 Å². The number of aliphatic carboxylic acids is 1. The molecule has 2 aliphatic rings. The summed E-state index contributed by atoms with van der Waals surface area (Å²) >= 11 is 0. The Morgan fingerprint density at radius 2 is 1.83 bits per heavy atom. The smallest absolute Gasteiger partial charge is 0.305 e. The highest BCUT2D eigenvalue weighted by molar-refractivity contribution is 5.95. The second-order valence-electron chi connectivity index (χ2n) is 9.99. The van der Waals surface area contributed by atoms with Crippen LogP contribution in [0.3, 0.4) is 0 Å². The van der Waals surface area contributed by atoms with Crippen LogP contribution in [0.2, 0.25) is 0 Å². The molecule has 0 aromatic carbocycles. The first-order chi connectivity index (χ1) is 17.1. The monoisotopic (exact) mass is 478 g/mol. The molecule has 3 aromatic rings. The topological polar surface area (TPSA) is 109 Å². The molecule has 0 spiro atoms. The number of nitrogens with one attached hydrogen (secondary N) is 2. The van der Waals surface area contributed by atoms with Gasteiger partial charge in [-0.25, -0.2) is 4.98 Å². The fourth-order valence-electron chi connectivity index (χ4n) is 5.66. The molecule has 0 aliphatic heterocycles. The Kier molecular flexibility index (Phi) is 7.06. The number of rotatable bonds is 8. The number of nitrogens with zero attached hydrogens (tertiary/aromatic N) is 2. The van der Waals surface area contributed by atoms with Crippen LogP contribution in [-0.2, 0) is 4.79 Å². The summed E-state index contributed by atoms with van der Waals surface area (Å²) < 4.78 is 7.63. The number of fused-ring (bicyclic) bond motifs is 1. The van der Waals surface area contributed by atoms with E-state index in [-0.39, 0.29) is 24.3 Å². The first-order valence-corrected chi connectivity index (χ1v) is 12.9. The predicted molar refractivity (Wildman–Crippen MR) is 133 cm³/mol. The quantitative estimate of drug-likeness (QED) is 0.395. The second kappa shape index (κ2) is 10.5. The van der Waals surface area contributed by atoms with Crippen molar-refractivity contribution < 1.29 is 19.1 Å². The van der Waals surface area contributed by atoms with Gasteiger partial charge in [-0.05, 0) is 55.9 Å². The number of hydrogen-bond donors (Lipinski definition) is 3. The maximum atomic E-state index is 13.2. The Morgan fingerprint density at radius 3 is 2.51 bits per heavy atom. The lowest BCUT2D eigenvalue weighted by Gasteiger charge is -2.30. The first-order valence-electron chi connectivity index (χ1n) is 12.9. The van der Waals surface area contributed by atoms with Crippen LogP contribution in [0.15, 0.2) is 41.1 Å². The Labute approximate surface area is 205 Å². The van der Waals surface area contributed by atoms with E-state index in [1.54, 1.807) is 18.4 Å². The Balaban J connectivity index is 1.42. The van der Waals surface area contributed by atoms with Gasteiger partial charge in [0.05, 0.1) is 12.7 Å². The second-order valence-corrected chi connectivity index (χ2v) is 9.99. The van der Waals surface area contributed by atoms with Crippen LogP contribution >= 0.6 is 0 Å². The van der Waals surface area contributed by atoms with Gasteiger partial charge in [-0.2, -0.15) is 0 Å². The molecular weight excluding hydrogens is 444 g/mol. The molecule has 8 heteroatoms. The molecule has 2 aliphatic carbocycles. The van der Waals surface area contributed by atoms with Crippen LogP contribution < -0.4 is 10.6 Å². The average Bonchev–Trinajstić information content (AvgIpc) is 3.52. The molecule has 3 N–H and O–H groups in total. The summed E-state index contributed by atoms with van der Waals surface area (Å²) in [6.07, 6.45) is 14.7. The predicted octanol–water partition coefficient (Wildman–Crippen LogP) is 5.49. The molecule has 186 valence electrons. The van der Waals surface area contributed by atoms with E-state index in [9.17, 15) is 14.7 Å². The van der Waals surface area contributed by atoms with E-state index >= 15 is 0 Å². The van der Waals surface area contributed by atoms with Gasteiger partial charge in [-0.3, -0.25) is 14.0 Å². The van der Waals surface area contributed by atoms with Gasteiger partial charge in [0.15, 0.2) is 5.76 Å². The molecule has 3 heterocycles. The van der Waals surface area contributed by atoms with E-state index < -0.39 is 5.97 Å². The summed E-state index contributed by atoms with van der Waals surface area (Å²) in [5.74, 6) is 0.618. The van der Waals surface area contributed by atoms with Gasteiger partial charge in [-0.15, -0.1) is 0 Å². The summed E-state index contributed by atoms with van der Waals surface area (Å²) in [6.45, 7) is 0. The van der Waals surface area contributed by atoms with Crippen LogP contribution in [-0.4, -0.2) is 38.5 Å². The number of imidazole rings is 1. The molecule has 2 fully saturated rings. The third-order valence-electron chi connectivity index (χ3n) is 7.52. The molecule has 35 heavy (non-hydrogen) atoms. The van der Waals surface area contributed by atoms with Crippen molar-refractivity contribution in [1.82, 2.24) is 14.7 Å². The van der Waals surface area contributed by atoms with Gasteiger partial charge in [-0.1, -0.05) is 38.5 Å². The standard InChI is InChI=1S/C27H34N4O4/c32-24(33)17-21(18-8-3-1-4-9-18)29-27(34)19-13-14-31-23(16-19)30-25(22-12-7-15-35-22)26(31)28-20-10-5-2-6-11-20/h7,12-16,18,20-21,28H,1-6,8-11,17H2,(H,29,34)(H,32,33). The van der Waals surface area contributed by atoms with Gasteiger partial charge < -0.3 is 20.2 Å². The van der Waals surface area contributed by atoms with Crippen molar-refractivity contribution in [3.8, 4) is 11.5 Å². The number of hydrogen-bond acceptors (Lipinski definition) is 5. The molecule has 0 bridgehead atoms. The van der Waals surface area contributed by atoms with E-state index in [2.05, 4.69) is 10.6 Å². The molecule has 5 rings (SSSR count). The zero-order valence-corrected chi connectivity index (χ0v) is 20.0. The summed E-state index contributed by atoms with van der Waals surface area (Å²) in [5.41, 5.74) is 1.85. The molecule has 0 radical (unpaired) electrons. The Hall–Kier alpha value is -3.29. The van der Waals surface area contributed by atoms with E-state index in [4.69, 9.17) is 9.40 Å². The van der Waals surface area contributed by atoms with Gasteiger partial charge in [0, 0.05) is 23.8 Å². The lowest BCUT2D eigenvalue weighted by Crippen LogP contribution is -2.42. The third kappa shape index (κ3) is 5.36. The molecule has 2 saturated carbocycles. The van der Waals surface area contributed by atoms with E-state index in [1.807, 2.05) is 22.7 Å². The largest absolute Gasteiger partial charge is 0.481 e. The molecule has 3 aromatic heterocycles. The molecule has 0 saturated heterocycles. The molecule has 8 nitrogen and oxygen atoms in total. The number of carboxylic acids is 1. The minimum atomic E-state index is -0.883. The van der Waals surface area contributed by atoms with Crippen molar-refractivity contribution in [3.63, 3.8) is 0 Å². The van der Waals surface area contributed by atoms with Crippen molar-refractivity contribution in [2.24, 2.45) is 5.92 Å². The lowest BCUT2D eigenvalue weighted by atomic mass is 9.82. The highest BCUT2D eigenvalue weighted by atomic mass is 16.4. The van der Waals surface area contributed by atoms with Crippen molar-refractivity contribution >= 4 is 23.3 Å². The maximum absolute atomic E-state index is 13.2. The minimum Gasteiger partial charge on any atom is -0.481 e. The number of furan rings is 1. The lowest BCUT2D eigenvalue weighted by molar-refractivity contribution is -0.137. The molecule has 1 amide bonds. The summed E-state index contributed by atoms with van der Waals surface area (Å²) in [6, 6.07) is 7.30. The third-order valence-corrected chi connectivity index (χ3v) is 7.52. The van der Waals surface area contributed by atoms with Crippen molar-refractivity contribution in [2.45, 2.75) is 82.7 Å². The number of carboxylic acid groups (broad SMARTS) is 1. The average molecular weight is 479 g/mol. The number of pyridine rings is 1. The van der Waals surface area contributed by atoms with E-state index in [1.165, 1.54) is 25.7 Å². The Morgan fingerprint density at radius 1 is 1.09 bits per heavy atom. The fraction of sp³-hybridized carbons (Fsp3) is 0.519. The van der Waals surface area contributed by atoms with Crippen LogP contribution in [0.25, 0.3) is 17.1 Å². The van der Waals surface area contributed by atoms with Gasteiger partial charge in [0.1, 0.15) is 17.2 Å². The van der Waals surface area contributed by atoms with Crippen LogP contribution in [0, 0.1) is 5.92 Å². The number of carbonyl (C=O) groups is 2. The number of amides is 1. The number of aromatic nitrogens is 2. The zero-order valence-electron chi connectivity index (χ0n) is 20.0. The maximum Gasteiger partial charge on any atom is 0.305 e. The van der Waals surface area contributed by atoms with E-state index in [0.29, 0.717) is 23.0 Å². The summed E-state index contributed by atoms with van der Waals surface area (Å²) in [4.78, 5) is 29.5. The van der Waals surface area contributed by atoms with Crippen LogP contribution in [0.4, 0.5) is 5.82 Å². The number of carbonyl (C=O) groups excluding carboxylic acids is 1. The number of anilines is 1. The highest BCUT2D eigenvalue weighted by Crippen LogP contribution is 2.32. The minimum absolute atomic E-state index is 0.0554. The SMILES string of the molecule is O=C(O)CC(NC(=O)c1ccn2c(NC3CCCCC3)c(-c3ccco3)nc2c1)C1CCCCC1. The van der Waals surface area contributed by atoms with Crippen molar-refractivity contribution in [2.75, 3.05) is 5.32 Å². The van der Waals surface area contributed by atoms with Crippen molar-refractivity contribution in [3.05, 3.63) is 42.3 Å². The van der Waals surface area contributed by atoms with Crippen LogP contribution in [0.1, 0.15) is 81.0 Å². The molecular formula is C27H34N4O4. The highest BCUT2D eigenvalue weighted by Gasteiger charge is 2.28. The van der Waals surface area contributed by atoms with Gasteiger partial charge in [0.25, 0.3) is 5.91 Å². The van der Waals surface area contributed by atoms with Gasteiger partial charge >= 0.3 is 5.97 Å². The van der Waals surface area contributed by atoms with E-state index in [0.717, 1.165) is 50.0 Å².